The third-order valence-corrected chi connectivity index (χ3v) is 5.85. The van der Waals surface area contributed by atoms with Gasteiger partial charge in [-0.1, -0.05) is 12.1 Å². The molecule has 2 aliphatic heterocycles. The highest BCUT2D eigenvalue weighted by atomic mass is 19.1. The Labute approximate surface area is 185 Å². The Hall–Kier alpha value is -3.23. The van der Waals surface area contributed by atoms with Gasteiger partial charge in [0.1, 0.15) is 17.3 Å². The summed E-state index contributed by atoms with van der Waals surface area (Å²) in [5, 5.41) is 11.0. The van der Waals surface area contributed by atoms with E-state index >= 15 is 0 Å². The number of rotatable bonds is 6. The highest BCUT2D eigenvalue weighted by Gasteiger charge is 2.46. The second kappa shape index (κ2) is 9.50. The van der Waals surface area contributed by atoms with Gasteiger partial charge in [0.05, 0.1) is 31.9 Å². The lowest BCUT2D eigenvalue weighted by atomic mass is 9.95. The van der Waals surface area contributed by atoms with Gasteiger partial charge in [0, 0.05) is 31.7 Å². The molecule has 2 aromatic carbocycles. The predicted molar refractivity (Wildman–Crippen MR) is 116 cm³/mol. The number of methoxy groups -OCH3 is 1. The Kier molecular flexibility index (Phi) is 6.53. The smallest absolute Gasteiger partial charge is 0.295 e. The van der Waals surface area contributed by atoms with E-state index < -0.39 is 23.5 Å². The molecule has 4 rings (SSSR count). The van der Waals surface area contributed by atoms with Gasteiger partial charge in [-0.15, -0.1) is 0 Å². The predicted octanol–water partition coefficient (Wildman–Crippen LogP) is 2.59. The van der Waals surface area contributed by atoms with Gasteiger partial charge in [0.25, 0.3) is 11.7 Å². The summed E-state index contributed by atoms with van der Waals surface area (Å²) in [4.78, 5) is 29.6. The fourth-order valence-corrected chi connectivity index (χ4v) is 4.08. The third-order valence-electron chi connectivity index (χ3n) is 5.85. The maximum Gasteiger partial charge on any atom is 0.295 e. The van der Waals surface area contributed by atoms with E-state index in [0.29, 0.717) is 43.2 Å². The van der Waals surface area contributed by atoms with Gasteiger partial charge in [0.2, 0.25) is 0 Å². The molecule has 32 heavy (non-hydrogen) atoms. The van der Waals surface area contributed by atoms with Crippen molar-refractivity contribution in [2.24, 2.45) is 0 Å². The zero-order valence-corrected chi connectivity index (χ0v) is 17.8. The number of carbonyl (C=O) groups excluding carboxylic acids is 2. The van der Waals surface area contributed by atoms with Crippen LogP contribution in [0.25, 0.3) is 5.76 Å². The van der Waals surface area contributed by atoms with Crippen molar-refractivity contribution in [3.05, 3.63) is 71.0 Å². The molecule has 0 saturated carbocycles. The van der Waals surface area contributed by atoms with Crippen molar-refractivity contribution in [2.45, 2.75) is 6.04 Å². The summed E-state index contributed by atoms with van der Waals surface area (Å²) in [5.41, 5.74) is 0.945. The Morgan fingerprint density at radius 1 is 1.06 bits per heavy atom. The molecular weight excluding hydrogens is 415 g/mol. The first-order valence-electron chi connectivity index (χ1n) is 10.5. The SMILES string of the molecule is COc1ccc(/C(O)=C2\C(=O)C(=O)N(CCN3CCOCC3)[C@H]2c2ccc(F)cc2)cc1. The number of morpholine rings is 1. The molecule has 2 aromatic rings. The number of nitrogens with zero attached hydrogens (tertiary/aromatic N) is 2. The topological polar surface area (TPSA) is 79.3 Å². The number of hydrogen-bond acceptors (Lipinski definition) is 6. The van der Waals surface area contributed by atoms with E-state index in [2.05, 4.69) is 4.90 Å². The largest absolute Gasteiger partial charge is 0.507 e. The lowest BCUT2D eigenvalue weighted by molar-refractivity contribution is -0.140. The first kappa shape index (κ1) is 22.0. The number of amides is 1. The van der Waals surface area contributed by atoms with E-state index in [1.54, 1.807) is 24.3 Å². The standard InChI is InChI=1S/C24H25FN2O5/c1-31-19-8-4-17(5-9-19)22(28)20-21(16-2-6-18(25)7-3-16)27(24(30)23(20)29)11-10-26-12-14-32-15-13-26/h2-9,21,28H,10-15H2,1H3/b22-20+/t21-/m0/s1. The normalized spacial score (nSPS) is 21.2. The molecule has 1 atom stereocenters. The molecule has 2 saturated heterocycles. The van der Waals surface area contributed by atoms with Crippen LogP contribution in [0.5, 0.6) is 5.75 Å². The van der Waals surface area contributed by atoms with Crippen molar-refractivity contribution in [1.82, 2.24) is 9.80 Å². The molecule has 0 unspecified atom stereocenters. The van der Waals surface area contributed by atoms with Gasteiger partial charge in [-0.05, 0) is 42.0 Å². The van der Waals surface area contributed by atoms with Gasteiger partial charge >= 0.3 is 0 Å². The highest BCUT2D eigenvalue weighted by molar-refractivity contribution is 6.46. The van der Waals surface area contributed by atoms with Crippen LogP contribution >= 0.6 is 0 Å². The van der Waals surface area contributed by atoms with Crippen LogP contribution in [-0.2, 0) is 14.3 Å². The zero-order valence-electron chi connectivity index (χ0n) is 17.8. The van der Waals surface area contributed by atoms with Crippen molar-refractivity contribution in [3.8, 4) is 5.75 Å². The Balaban J connectivity index is 1.71. The minimum Gasteiger partial charge on any atom is -0.507 e. The summed E-state index contributed by atoms with van der Waals surface area (Å²) in [6, 6.07) is 11.4. The van der Waals surface area contributed by atoms with Crippen LogP contribution in [0.15, 0.2) is 54.1 Å². The summed E-state index contributed by atoms with van der Waals surface area (Å²) in [7, 11) is 1.53. The average molecular weight is 440 g/mol. The minimum absolute atomic E-state index is 0.00578. The van der Waals surface area contributed by atoms with Crippen LogP contribution < -0.4 is 4.74 Å². The first-order valence-corrected chi connectivity index (χ1v) is 10.5. The quantitative estimate of drug-likeness (QED) is 0.423. The molecule has 7 nitrogen and oxygen atoms in total. The number of aliphatic hydroxyl groups is 1. The highest BCUT2D eigenvalue weighted by Crippen LogP contribution is 2.39. The fourth-order valence-electron chi connectivity index (χ4n) is 4.08. The number of aliphatic hydroxyl groups excluding tert-OH is 1. The van der Waals surface area contributed by atoms with Crippen LogP contribution in [0.3, 0.4) is 0 Å². The minimum atomic E-state index is -0.807. The van der Waals surface area contributed by atoms with E-state index in [-0.39, 0.29) is 11.3 Å². The number of benzene rings is 2. The van der Waals surface area contributed by atoms with Gasteiger partial charge in [-0.2, -0.15) is 0 Å². The number of carbonyl (C=O) groups is 2. The van der Waals surface area contributed by atoms with Crippen molar-refractivity contribution in [2.75, 3.05) is 46.5 Å². The number of ether oxygens (including phenoxy) is 2. The maximum absolute atomic E-state index is 13.6. The molecule has 2 fully saturated rings. The van der Waals surface area contributed by atoms with Gasteiger partial charge in [0.15, 0.2) is 0 Å². The van der Waals surface area contributed by atoms with Gasteiger partial charge in [-0.25, -0.2) is 4.39 Å². The zero-order chi connectivity index (χ0) is 22.7. The molecule has 1 N–H and O–H groups in total. The van der Waals surface area contributed by atoms with E-state index in [9.17, 15) is 19.1 Å². The van der Waals surface area contributed by atoms with Crippen LogP contribution in [-0.4, -0.2) is 73.1 Å². The first-order chi connectivity index (χ1) is 15.5. The van der Waals surface area contributed by atoms with Crippen molar-refractivity contribution in [3.63, 3.8) is 0 Å². The maximum atomic E-state index is 13.6. The summed E-state index contributed by atoms with van der Waals surface area (Å²) < 4.78 is 24.1. The van der Waals surface area contributed by atoms with Crippen LogP contribution in [0.4, 0.5) is 4.39 Å². The van der Waals surface area contributed by atoms with Crippen LogP contribution in [0.1, 0.15) is 17.2 Å². The summed E-state index contributed by atoms with van der Waals surface area (Å²) in [6.07, 6.45) is 0. The Morgan fingerprint density at radius 2 is 1.72 bits per heavy atom. The van der Waals surface area contributed by atoms with E-state index in [4.69, 9.17) is 9.47 Å². The van der Waals surface area contributed by atoms with Crippen molar-refractivity contribution >= 4 is 17.4 Å². The molecular formula is C24H25FN2O5. The monoisotopic (exact) mass is 440 g/mol. The molecule has 0 aromatic heterocycles. The second-order valence-corrected chi connectivity index (χ2v) is 7.73. The molecule has 1 amide bonds. The van der Waals surface area contributed by atoms with E-state index in [1.807, 2.05) is 0 Å². The van der Waals surface area contributed by atoms with Crippen LogP contribution in [0.2, 0.25) is 0 Å². The van der Waals surface area contributed by atoms with Crippen molar-refractivity contribution < 1.29 is 28.6 Å². The molecule has 2 aliphatic rings. The lowest BCUT2D eigenvalue weighted by Gasteiger charge is -2.31. The number of halogens is 1. The van der Waals surface area contributed by atoms with Crippen LogP contribution in [0, 0.1) is 5.82 Å². The molecule has 0 spiro atoms. The Morgan fingerprint density at radius 3 is 2.34 bits per heavy atom. The van der Waals surface area contributed by atoms with Crippen molar-refractivity contribution in [1.29, 1.82) is 0 Å². The summed E-state index contributed by atoms with van der Waals surface area (Å²) >= 11 is 0. The van der Waals surface area contributed by atoms with Gasteiger partial charge in [-0.3, -0.25) is 14.5 Å². The second-order valence-electron chi connectivity index (χ2n) is 7.73. The average Bonchev–Trinajstić information content (AvgIpc) is 3.08. The molecule has 8 heteroatoms. The summed E-state index contributed by atoms with van der Waals surface area (Å²) in [6.45, 7) is 3.60. The number of likely N-dealkylation sites (tertiary alicyclic amines) is 1. The molecule has 0 bridgehead atoms. The summed E-state index contributed by atoms with van der Waals surface area (Å²) in [5.74, 6) is -1.52. The van der Waals surface area contributed by atoms with E-state index in [1.165, 1.54) is 36.3 Å². The fraction of sp³-hybridized carbons (Fsp3) is 0.333. The molecule has 2 heterocycles. The lowest BCUT2D eigenvalue weighted by Crippen LogP contribution is -2.42. The molecule has 168 valence electrons. The Bertz CT molecular complexity index is 1010. The number of ketones is 1. The number of hydrogen-bond donors (Lipinski definition) is 1. The van der Waals surface area contributed by atoms with E-state index in [0.717, 1.165) is 13.1 Å². The molecule has 0 aliphatic carbocycles. The third kappa shape index (κ3) is 4.37. The van der Waals surface area contributed by atoms with Gasteiger partial charge < -0.3 is 19.5 Å². The molecule has 0 radical (unpaired) electrons. The number of Topliss-reactive ketones (excluding diaryl/α,β-unsaturated/α-hetero) is 1.